The van der Waals surface area contributed by atoms with Gasteiger partial charge in [0, 0.05) is 16.6 Å². The lowest BCUT2D eigenvalue weighted by Gasteiger charge is -2.22. The van der Waals surface area contributed by atoms with E-state index in [4.69, 9.17) is 4.98 Å². The zero-order valence-electron chi connectivity index (χ0n) is 13.3. The van der Waals surface area contributed by atoms with Gasteiger partial charge in [-0.2, -0.15) is 5.10 Å². The van der Waals surface area contributed by atoms with Crippen molar-refractivity contribution in [1.82, 2.24) is 25.5 Å². The Morgan fingerprint density at radius 3 is 3.04 bits per heavy atom. The molecule has 0 amide bonds. The van der Waals surface area contributed by atoms with Gasteiger partial charge in [0.2, 0.25) is 0 Å². The SMILES string of the molecule is O=c1[nH]c([C@H]2CCCCN2)nc2c3c(sc12)-c1c[nH]nc1CCC3. The molecule has 3 aromatic heterocycles. The van der Waals surface area contributed by atoms with Gasteiger partial charge in [-0.15, -0.1) is 11.3 Å². The van der Waals surface area contributed by atoms with Gasteiger partial charge in [-0.25, -0.2) is 4.98 Å². The maximum absolute atomic E-state index is 12.7. The molecule has 1 aliphatic heterocycles. The van der Waals surface area contributed by atoms with Gasteiger partial charge in [-0.1, -0.05) is 6.42 Å². The van der Waals surface area contributed by atoms with Crippen molar-refractivity contribution in [2.45, 2.75) is 44.6 Å². The predicted octanol–water partition coefficient (Wildman–Crippen LogP) is 2.68. The average Bonchev–Trinajstić information content (AvgIpc) is 3.17. The molecule has 24 heavy (non-hydrogen) atoms. The molecule has 2 aliphatic rings. The topological polar surface area (TPSA) is 86.5 Å². The highest BCUT2D eigenvalue weighted by molar-refractivity contribution is 7.22. The number of aromatic amines is 2. The van der Waals surface area contributed by atoms with Gasteiger partial charge in [0.15, 0.2) is 0 Å². The van der Waals surface area contributed by atoms with Crippen molar-refractivity contribution in [3.05, 3.63) is 33.6 Å². The van der Waals surface area contributed by atoms with Crippen molar-refractivity contribution < 1.29 is 0 Å². The molecule has 0 bridgehead atoms. The molecule has 6 nitrogen and oxygen atoms in total. The molecule has 3 aromatic rings. The summed E-state index contributed by atoms with van der Waals surface area (Å²) in [7, 11) is 0. The minimum absolute atomic E-state index is 0.00880. The molecule has 1 saturated heterocycles. The van der Waals surface area contributed by atoms with E-state index in [1.807, 2.05) is 6.20 Å². The monoisotopic (exact) mass is 341 g/mol. The summed E-state index contributed by atoms with van der Waals surface area (Å²) in [6.07, 6.45) is 8.34. The van der Waals surface area contributed by atoms with Crippen molar-refractivity contribution in [3.63, 3.8) is 0 Å². The van der Waals surface area contributed by atoms with E-state index in [-0.39, 0.29) is 11.6 Å². The standard InChI is InChI=1S/C17H19N5OS/c23-17-15-13(20-16(21-17)12-5-1-2-7-18-12)9-4-3-6-11-10(8-19-22-11)14(9)24-15/h8,12,18H,1-7H2,(H,19,22)(H,20,21,23)/t12-/m1/s1. The van der Waals surface area contributed by atoms with Crippen molar-refractivity contribution in [2.75, 3.05) is 6.54 Å². The van der Waals surface area contributed by atoms with Gasteiger partial charge >= 0.3 is 0 Å². The molecular weight excluding hydrogens is 322 g/mol. The molecule has 3 N–H and O–H groups in total. The molecule has 0 aromatic carbocycles. The van der Waals surface area contributed by atoms with Gasteiger partial charge in [0.25, 0.3) is 5.56 Å². The number of nitrogens with one attached hydrogen (secondary N) is 3. The van der Waals surface area contributed by atoms with E-state index in [0.717, 1.165) is 64.4 Å². The number of thiophene rings is 1. The van der Waals surface area contributed by atoms with E-state index in [9.17, 15) is 4.79 Å². The predicted molar refractivity (Wildman–Crippen MR) is 94.4 cm³/mol. The number of fused-ring (bicyclic) bond motifs is 5. The molecule has 0 radical (unpaired) electrons. The van der Waals surface area contributed by atoms with Crippen LogP contribution < -0.4 is 10.9 Å². The first-order chi connectivity index (χ1) is 11.8. The normalized spacial score (nSPS) is 20.6. The van der Waals surface area contributed by atoms with Crippen LogP contribution in [-0.2, 0) is 12.8 Å². The number of aromatic nitrogens is 4. The van der Waals surface area contributed by atoms with Crippen LogP contribution in [0.3, 0.4) is 0 Å². The van der Waals surface area contributed by atoms with Crippen LogP contribution >= 0.6 is 11.3 Å². The van der Waals surface area contributed by atoms with Gasteiger partial charge in [0.05, 0.1) is 17.3 Å². The van der Waals surface area contributed by atoms with E-state index in [1.165, 1.54) is 18.4 Å². The van der Waals surface area contributed by atoms with Crippen molar-refractivity contribution >= 4 is 21.6 Å². The average molecular weight is 341 g/mol. The number of nitrogens with zero attached hydrogens (tertiary/aromatic N) is 2. The summed E-state index contributed by atoms with van der Waals surface area (Å²) in [5, 5.41) is 10.8. The van der Waals surface area contributed by atoms with Crippen LogP contribution in [0.2, 0.25) is 0 Å². The van der Waals surface area contributed by atoms with E-state index < -0.39 is 0 Å². The number of hydrogen-bond acceptors (Lipinski definition) is 5. The molecule has 1 fully saturated rings. The Hall–Kier alpha value is -1.99. The number of rotatable bonds is 1. The minimum Gasteiger partial charge on any atom is -0.308 e. The molecule has 124 valence electrons. The van der Waals surface area contributed by atoms with Crippen LogP contribution in [0.15, 0.2) is 11.0 Å². The fourth-order valence-corrected chi connectivity index (χ4v) is 5.11. The molecule has 0 saturated carbocycles. The van der Waals surface area contributed by atoms with Gasteiger partial charge < -0.3 is 10.3 Å². The lowest BCUT2D eigenvalue weighted by atomic mass is 10.0. The zero-order valence-corrected chi connectivity index (χ0v) is 14.1. The van der Waals surface area contributed by atoms with Crippen LogP contribution in [0.25, 0.3) is 20.7 Å². The van der Waals surface area contributed by atoms with Crippen LogP contribution in [0.4, 0.5) is 0 Å². The van der Waals surface area contributed by atoms with E-state index in [1.54, 1.807) is 11.3 Å². The maximum atomic E-state index is 12.7. The Labute approximate surface area is 142 Å². The smallest absolute Gasteiger partial charge is 0.268 e. The molecule has 0 unspecified atom stereocenters. The molecular formula is C17H19N5OS. The minimum atomic E-state index is -0.00880. The van der Waals surface area contributed by atoms with E-state index >= 15 is 0 Å². The second-order valence-corrected chi connectivity index (χ2v) is 7.66. The summed E-state index contributed by atoms with van der Waals surface area (Å²) in [4.78, 5) is 21.7. The van der Waals surface area contributed by atoms with Gasteiger partial charge in [-0.05, 0) is 44.2 Å². The first-order valence-electron chi connectivity index (χ1n) is 8.63. The highest BCUT2D eigenvalue weighted by atomic mass is 32.1. The number of hydrogen-bond donors (Lipinski definition) is 3. The lowest BCUT2D eigenvalue weighted by molar-refractivity contribution is 0.397. The van der Waals surface area contributed by atoms with Crippen LogP contribution in [0.5, 0.6) is 0 Å². The molecule has 5 rings (SSSR count). The van der Waals surface area contributed by atoms with Crippen LogP contribution in [-0.4, -0.2) is 26.7 Å². The number of aryl methyl sites for hydroxylation is 2. The zero-order chi connectivity index (χ0) is 16.1. The molecule has 1 atom stereocenters. The first kappa shape index (κ1) is 14.4. The van der Waals surface area contributed by atoms with Gasteiger partial charge in [-0.3, -0.25) is 9.89 Å². The Morgan fingerprint density at radius 2 is 2.17 bits per heavy atom. The molecule has 7 heteroatoms. The number of piperidine rings is 1. The Bertz CT molecular complexity index is 963. The fraction of sp³-hybridized carbons (Fsp3) is 0.471. The molecule has 4 heterocycles. The Balaban J connectivity index is 1.71. The summed E-state index contributed by atoms with van der Waals surface area (Å²) in [6.45, 7) is 0.993. The summed E-state index contributed by atoms with van der Waals surface area (Å²) >= 11 is 1.56. The molecule has 1 aliphatic carbocycles. The summed E-state index contributed by atoms with van der Waals surface area (Å²) < 4.78 is 0.744. The second-order valence-electron chi connectivity index (χ2n) is 6.64. The lowest BCUT2D eigenvalue weighted by Crippen LogP contribution is -2.29. The van der Waals surface area contributed by atoms with Crippen LogP contribution in [0.1, 0.15) is 48.8 Å². The third-order valence-corrected chi connectivity index (χ3v) is 6.36. The van der Waals surface area contributed by atoms with Crippen LogP contribution in [0, 0.1) is 0 Å². The fourth-order valence-electron chi connectivity index (χ4n) is 3.89. The third-order valence-electron chi connectivity index (χ3n) is 5.10. The highest BCUT2D eigenvalue weighted by Gasteiger charge is 2.25. The molecule has 0 spiro atoms. The van der Waals surface area contributed by atoms with Gasteiger partial charge in [0.1, 0.15) is 10.5 Å². The summed E-state index contributed by atoms with van der Waals surface area (Å²) in [5.74, 6) is 0.796. The van der Waals surface area contributed by atoms with Crippen molar-refractivity contribution in [1.29, 1.82) is 0 Å². The second kappa shape index (κ2) is 5.53. The Kier molecular flexibility index (Phi) is 3.31. The quantitative estimate of drug-likeness (QED) is 0.635. The Morgan fingerprint density at radius 1 is 1.21 bits per heavy atom. The van der Waals surface area contributed by atoms with E-state index in [2.05, 4.69) is 20.5 Å². The van der Waals surface area contributed by atoms with E-state index in [0.29, 0.717) is 0 Å². The summed E-state index contributed by atoms with van der Waals surface area (Å²) in [6, 6.07) is 0.168. The maximum Gasteiger partial charge on any atom is 0.268 e. The highest BCUT2D eigenvalue weighted by Crippen LogP contribution is 2.40. The third kappa shape index (κ3) is 2.15. The summed E-state index contributed by atoms with van der Waals surface area (Å²) in [5.41, 5.74) is 4.35. The largest absolute Gasteiger partial charge is 0.308 e. The van der Waals surface area contributed by atoms with Crippen molar-refractivity contribution in [3.8, 4) is 10.4 Å². The first-order valence-corrected chi connectivity index (χ1v) is 9.45. The number of H-pyrrole nitrogens is 2. The van der Waals surface area contributed by atoms with Crippen molar-refractivity contribution in [2.24, 2.45) is 0 Å².